The molecule has 2 rings (SSSR count). The van der Waals surface area contributed by atoms with E-state index in [-0.39, 0.29) is 0 Å². The van der Waals surface area contributed by atoms with Crippen LogP contribution in [0.4, 0.5) is 11.8 Å². The number of nitrogens with zero attached hydrogens (tertiary/aromatic N) is 3. The molecule has 5 nitrogen and oxygen atoms in total. The number of hydrogen-bond donors (Lipinski definition) is 2. The van der Waals surface area contributed by atoms with Crippen molar-refractivity contribution in [3.05, 3.63) is 60.9 Å². The minimum absolute atomic E-state index is 0.339. The second-order valence-electron chi connectivity index (χ2n) is 5.96. The molecule has 0 aromatic carbocycles. The summed E-state index contributed by atoms with van der Waals surface area (Å²) in [6.07, 6.45) is 11.9. The maximum Gasteiger partial charge on any atom is 0.222 e. The van der Waals surface area contributed by atoms with Gasteiger partial charge in [0.1, 0.15) is 5.82 Å². The van der Waals surface area contributed by atoms with Gasteiger partial charge in [0.05, 0.1) is 0 Å². The van der Waals surface area contributed by atoms with Crippen molar-refractivity contribution in [2.45, 2.75) is 25.8 Å². The lowest BCUT2D eigenvalue weighted by Crippen LogP contribution is -2.46. The maximum absolute atomic E-state index is 5.78. The number of nitrogens with two attached hydrogens (primary N) is 1. The molecule has 1 fully saturated rings. The molecule has 5 heteroatoms. The lowest BCUT2D eigenvalue weighted by molar-refractivity contribution is 0.434. The third-order valence-electron chi connectivity index (χ3n) is 3.98. The van der Waals surface area contributed by atoms with Crippen LogP contribution in [0, 0.1) is 6.92 Å². The van der Waals surface area contributed by atoms with E-state index in [1.165, 1.54) is 5.57 Å². The van der Waals surface area contributed by atoms with Crippen molar-refractivity contribution in [3.63, 3.8) is 0 Å². The number of aromatic nitrogens is 2. The van der Waals surface area contributed by atoms with Crippen molar-refractivity contribution in [2.75, 3.05) is 30.3 Å². The van der Waals surface area contributed by atoms with Crippen LogP contribution in [0.25, 0.3) is 0 Å². The summed E-state index contributed by atoms with van der Waals surface area (Å²) in [6.45, 7) is 12.2. The Morgan fingerprint density at radius 1 is 1.42 bits per heavy atom. The SMILES string of the molecule is C=C/C=C\C(=C/C=C)CN[C@@H]1CCCN(c2cc(C)nc(N)n2)C1. The molecule has 0 radical (unpaired) electrons. The third-order valence-corrected chi connectivity index (χ3v) is 3.98. The summed E-state index contributed by atoms with van der Waals surface area (Å²) >= 11 is 0. The van der Waals surface area contributed by atoms with Crippen molar-refractivity contribution in [2.24, 2.45) is 0 Å². The lowest BCUT2D eigenvalue weighted by Gasteiger charge is -2.34. The molecule has 0 spiro atoms. The van der Waals surface area contributed by atoms with E-state index < -0.39 is 0 Å². The first kappa shape index (κ1) is 17.9. The Morgan fingerprint density at radius 3 is 2.96 bits per heavy atom. The normalized spacial score (nSPS) is 18.8. The molecule has 0 saturated carbocycles. The van der Waals surface area contributed by atoms with Crippen molar-refractivity contribution in [1.82, 2.24) is 15.3 Å². The summed E-state index contributed by atoms with van der Waals surface area (Å²) in [5, 5.41) is 3.63. The summed E-state index contributed by atoms with van der Waals surface area (Å²) < 4.78 is 0. The van der Waals surface area contributed by atoms with Crippen molar-refractivity contribution in [1.29, 1.82) is 0 Å². The minimum Gasteiger partial charge on any atom is -0.368 e. The molecular weight excluding hydrogens is 298 g/mol. The van der Waals surface area contributed by atoms with Crippen LogP contribution >= 0.6 is 0 Å². The van der Waals surface area contributed by atoms with E-state index in [0.29, 0.717) is 12.0 Å². The van der Waals surface area contributed by atoms with Crippen LogP contribution in [-0.4, -0.2) is 35.6 Å². The quantitative estimate of drug-likeness (QED) is 0.755. The summed E-state index contributed by atoms with van der Waals surface area (Å²) in [5.41, 5.74) is 7.87. The Morgan fingerprint density at radius 2 is 2.25 bits per heavy atom. The first-order valence-corrected chi connectivity index (χ1v) is 8.32. The maximum atomic E-state index is 5.78. The number of allylic oxidation sites excluding steroid dienone is 4. The van der Waals surface area contributed by atoms with Crippen LogP contribution < -0.4 is 16.0 Å². The van der Waals surface area contributed by atoms with E-state index in [2.05, 4.69) is 39.4 Å². The van der Waals surface area contributed by atoms with Crippen LogP contribution in [0.15, 0.2) is 55.2 Å². The van der Waals surface area contributed by atoms with Crippen LogP contribution in [-0.2, 0) is 0 Å². The van der Waals surface area contributed by atoms with Crippen LogP contribution in [0.2, 0.25) is 0 Å². The molecule has 24 heavy (non-hydrogen) atoms. The molecule has 0 bridgehead atoms. The molecule has 2 heterocycles. The van der Waals surface area contributed by atoms with E-state index in [0.717, 1.165) is 44.0 Å². The van der Waals surface area contributed by atoms with Gasteiger partial charge in [0, 0.05) is 37.4 Å². The second kappa shape index (κ2) is 9.03. The predicted molar refractivity (Wildman–Crippen MR) is 102 cm³/mol. The van der Waals surface area contributed by atoms with E-state index in [1.54, 1.807) is 6.08 Å². The molecule has 128 valence electrons. The van der Waals surface area contributed by atoms with Gasteiger partial charge in [-0.3, -0.25) is 0 Å². The highest BCUT2D eigenvalue weighted by Gasteiger charge is 2.21. The number of nitrogen functional groups attached to an aromatic ring is 1. The predicted octanol–water partition coefficient (Wildman–Crippen LogP) is 2.78. The molecular formula is C19H27N5. The molecule has 1 aromatic heterocycles. The molecule has 0 unspecified atom stereocenters. The highest BCUT2D eigenvalue weighted by atomic mass is 15.2. The van der Waals surface area contributed by atoms with E-state index in [9.17, 15) is 0 Å². The lowest BCUT2D eigenvalue weighted by atomic mass is 10.0. The average Bonchev–Trinajstić information content (AvgIpc) is 2.57. The first-order chi connectivity index (χ1) is 11.6. The van der Waals surface area contributed by atoms with E-state index in [1.807, 2.05) is 31.2 Å². The molecule has 3 N–H and O–H groups in total. The fourth-order valence-electron chi connectivity index (χ4n) is 2.87. The van der Waals surface area contributed by atoms with Gasteiger partial charge in [-0.1, -0.05) is 43.5 Å². The molecule has 1 aromatic rings. The first-order valence-electron chi connectivity index (χ1n) is 8.32. The summed E-state index contributed by atoms with van der Waals surface area (Å²) in [7, 11) is 0. The zero-order valence-electron chi connectivity index (χ0n) is 14.4. The standard InChI is InChI=1S/C19H27N5/c1-4-6-9-16(8-5-2)13-21-17-10-7-11-24(14-17)18-12-15(3)22-19(20)23-18/h4-6,8-9,12,17,21H,1-2,7,10-11,13-14H2,3H3,(H2,20,22,23)/b9-6-,16-8+/t17-/m1/s1. The van der Waals surface area contributed by atoms with Gasteiger partial charge in [0.25, 0.3) is 0 Å². The summed E-state index contributed by atoms with van der Waals surface area (Å²) in [4.78, 5) is 10.8. The van der Waals surface area contributed by atoms with Crippen LogP contribution in [0.1, 0.15) is 18.5 Å². The zero-order chi connectivity index (χ0) is 17.4. The number of hydrogen-bond acceptors (Lipinski definition) is 5. The fourth-order valence-corrected chi connectivity index (χ4v) is 2.87. The van der Waals surface area contributed by atoms with Gasteiger partial charge in [-0.05, 0) is 25.3 Å². The van der Waals surface area contributed by atoms with E-state index in [4.69, 9.17) is 5.73 Å². The van der Waals surface area contributed by atoms with Crippen LogP contribution in [0.3, 0.4) is 0 Å². The smallest absolute Gasteiger partial charge is 0.222 e. The van der Waals surface area contributed by atoms with Crippen LogP contribution in [0.5, 0.6) is 0 Å². The highest BCUT2D eigenvalue weighted by Crippen LogP contribution is 2.19. The Bertz CT molecular complexity index is 612. The van der Waals surface area contributed by atoms with Gasteiger partial charge >= 0.3 is 0 Å². The topological polar surface area (TPSA) is 67.1 Å². The molecule has 1 atom stereocenters. The van der Waals surface area contributed by atoms with Gasteiger partial charge in [0.15, 0.2) is 0 Å². The second-order valence-corrected chi connectivity index (χ2v) is 5.96. The molecule has 1 saturated heterocycles. The van der Waals surface area contributed by atoms with Crippen molar-refractivity contribution >= 4 is 11.8 Å². The van der Waals surface area contributed by atoms with Crippen molar-refractivity contribution < 1.29 is 0 Å². The summed E-state index contributed by atoms with van der Waals surface area (Å²) in [6, 6.07) is 2.41. The van der Waals surface area contributed by atoms with Gasteiger partial charge < -0.3 is 16.0 Å². The van der Waals surface area contributed by atoms with Crippen molar-refractivity contribution in [3.8, 4) is 0 Å². The van der Waals surface area contributed by atoms with Gasteiger partial charge in [-0.2, -0.15) is 4.98 Å². The Labute approximate surface area is 144 Å². The molecule has 1 aliphatic heterocycles. The number of nitrogens with one attached hydrogen (secondary N) is 1. The number of piperidine rings is 1. The Kier molecular flexibility index (Phi) is 6.75. The molecule has 1 aliphatic rings. The minimum atomic E-state index is 0.339. The number of anilines is 2. The zero-order valence-corrected chi connectivity index (χ0v) is 14.4. The fraction of sp³-hybridized carbons (Fsp3) is 0.368. The number of aryl methyl sites for hydroxylation is 1. The third kappa shape index (κ3) is 5.35. The Hall–Kier alpha value is -2.40. The van der Waals surface area contributed by atoms with Gasteiger partial charge in [0.2, 0.25) is 5.95 Å². The highest BCUT2D eigenvalue weighted by molar-refractivity contribution is 5.44. The largest absolute Gasteiger partial charge is 0.368 e. The average molecular weight is 325 g/mol. The number of rotatable bonds is 7. The Balaban J connectivity index is 1.97. The van der Waals surface area contributed by atoms with Gasteiger partial charge in [-0.25, -0.2) is 4.98 Å². The van der Waals surface area contributed by atoms with Gasteiger partial charge in [-0.15, -0.1) is 0 Å². The summed E-state index contributed by atoms with van der Waals surface area (Å²) in [5.74, 6) is 1.26. The monoisotopic (exact) mass is 325 g/mol. The molecule has 0 aliphatic carbocycles. The van der Waals surface area contributed by atoms with E-state index >= 15 is 0 Å². The molecule has 0 amide bonds.